The van der Waals surface area contributed by atoms with E-state index in [1.54, 1.807) is 48.9 Å². The number of hydrogen-bond acceptors (Lipinski definition) is 5. The monoisotopic (exact) mass is 337 g/mol. The molecule has 0 bridgehead atoms. The van der Waals surface area contributed by atoms with Gasteiger partial charge in [-0.05, 0) is 30.3 Å². The van der Waals surface area contributed by atoms with Crippen LogP contribution in [0.1, 0.15) is 0 Å². The molecule has 124 valence electrons. The summed E-state index contributed by atoms with van der Waals surface area (Å²) in [5.41, 5.74) is 1.50. The van der Waals surface area contributed by atoms with Crippen molar-refractivity contribution in [2.75, 3.05) is 5.32 Å². The van der Waals surface area contributed by atoms with E-state index in [-0.39, 0.29) is 18.4 Å². The summed E-state index contributed by atoms with van der Waals surface area (Å²) in [4.78, 5) is 19.8. The normalized spacial score (nSPS) is 10.9. The molecular formula is C16H12FN7O. The summed E-state index contributed by atoms with van der Waals surface area (Å²) in [6, 6.07) is 8.44. The van der Waals surface area contributed by atoms with E-state index in [2.05, 4.69) is 25.5 Å². The molecule has 0 aliphatic rings. The number of hydrogen-bond donors (Lipinski definition) is 1. The summed E-state index contributed by atoms with van der Waals surface area (Å²) in [7, 11) is 0. The lowest BCUT2D eigenvalue weighted by molar-refractivity contribution is -0.116. The van der Waals surface area contributed by atoms with E-state index in [0.29, 0.717) is 16.8 Å². The zero-order valence-corrected chi connectivity index (χ0v) is 12.9. The van der Waals surface area contributed by atoms with Crippen molar-refractivity contribution in [3.05, 3.63) is 61.1 Å². The molecule has 0 unspecified atom stereocenters. The molecule has 0 radical (unpaired) electrons. The zero-order valence-electron chi connectivity index (χ0n) is 12.9. The summed E-state index contributed by atoms with van der Waals surface area (Å²) < 4.78 is 16.8. The number of halogens is 1. The minimum Gasteiger partial charge on any atom is -0.292 e. The third-order valence-corrected chi connectivity index (χ3v) is 3.52. The average Bonchev–Trinajstić information content (AvgIpc) is 3.23. The predicted octanol–water partition coefficient (Wildman–Crippen LogP) is 1.77. The molecule has 0 aliphatic heterocycles. The standard InChI is InChI=1S/C16H12FN7O/c17-15-12(3-1-6-18-15)11-4-5-13-20-16(22-24(13)9-11)21-14(25)10-23-8-2-7-19-23/h1-9H,10H2,(H,21,22,25). The van der Waals surface area contributed by atoms with Gasteiger partial charge in [0.1, 0.15) is 6.54 Å². The number of carbonyl (C=O) groups excluding carboxylic acids is 1. The van der Waals surface area contributed by atoms with Gasteiger partial charge in [-0.1, -0.05) is 0 Å². The van der Waals surface area contributed by atoms with Crippen LogP contribution in [0.4, 0.5) is 10.3 Å². The Bertz CT molecular complexity index is 1040. The predicted molar refractivity (Wildman–Crippen MR) is 87.0 cm³/mol. The number of nitrogens with zero attached hydrogens (tertiary/aromatic N) is 6. The lowest BCUT2D eigenvalue weighted by Gasteiger charge is -2.02. The second kappa shape index (κ2) is 6.11. The summed E-state index contributed by atoms with van der Waals surface area (Å²) in [5.74, 6) is -0.686. The largest absolute Gasteiger partial charge is 0.292 e. The number of anilines is 1. The van der Waals surface area contributed by atoms with E-state index in [1.807, 2.05) is 0 Å². The maximum atomic E-state index is 13.8. The van der Waals surface area contributed by atoms with Gasteiger partial charge in [0.05, 0.1) is 0 Å². The first kappa shape index (κ1) is 14.9. The number of rotatable bonds is 4. The number of nitrogens with one attached hydrogen (secondary N) is 1. The van der Waals surface area contributed by atoms with Crippen LogP contribution in [0.15, 0.2) is 55.1 Å². The second-order valence-electron chi connectivity index (χ2n) is 5.25. The molecule has 0 atom stereocenters. The summed E-state index contributed by atoms with van der Waals surface area (Å²) in [6.07, 6.45) is 6.30. The molecule has 0 spiro atoms. The van der Waals surface area contributed by atoms with E-state index in [9.17, 15) is 9.18 Å². The van der Waals surface area contributed by atoms with Crippen molar-refractivity contribution in [3.8, 4) is 11.1 Å². The quantitative estimate of drug-likeness (QED) is 0.573. The minimum atomic E-state index is -0.560. The van der Waals surface area contributed by atoms with Gasteiger partial charge in [-0.25, -0.2) is 9.50 Å². The molecule has 4 rings (SSSR count). The van der Waals surface area contributed by atoms with Crippen molar-refractivity contribution in [1.29, 1.82) is 0 Å². The van der Waals surface area contributed by atoms with Crippen LogP contribution in [0.5, 0.6) is 0 Å². The van der Waals surface area contributed by atoms with Gasteiger partial charge in [0.2, 0.25) is 17.8 Å². The van der Waals surface area contributed by atoms with Crippen LogP contribution in [0.3, 0.4) is 0 Å². The first-order valence-corrected chi connectivity index (χ1v) is 7.44. The third-order valence-electron chi connectivity index (χ3n) is 3.52. The number of pyridine rings is 2. The van der Waals surface area contributed by atoms with Crippen molar-refractivity contribution >= 4 is 17.5 Å². The van der Waals surface area contributed by atoms with Crippen molar-refractivity contribution in [2.24, 2.45) is 0 Å². The van der Waals surface area contributed by atoms with Crippen LogP contribution in [-0.4, -0.2) is 35.3 Å². The maximum Gasteiger partial charge on any atom is 0.249 e. The number of fused-ring (bicyclic) bond motifs is 1. The molecule has 8 nitrogen and oxygen atoms in total. The van der Waals surface area contributed by atoms with Crippen LogP contribution < -0.4 is 5.32 Å². The molecule has 1 N–H and O–H groups in total. The lowest BCUT2D eigenvalue weighted by Crippen LogP contribution is -2.19. The number of amides is 1. The second-order valence-corrected chi connectivity index (χ2v) is 5.25. The highest BCUT2D eigenvalue weighted by atomic mass is 19.1. The SMILES string of the molecule is O=C(Cn1cccn1)Nc1nc2ccc(-c3cccnc3F)cn2n1. The van der Waals surface area contributed by atoms with E-state index in [1.165, 1.54) is 15.4 Å². The molecule has 9 heteroatoms. The molecule has 0 aliphatic carbocycles. The van der Waals surface area contributed by atoms with Gasteiger partial charge >= 0.3 is 0 Å². The molecule has 0 saturated carbocycles. The molecule has 4 aromatic heterocycles. The van der Waals surface area contributed by atoms with Gasteiger partial charge in [0.25, 0.3) is 0 Å². The van der Waals surface area contributed by atoms with Crippen molar-refractivity contribution < 1.29 is 9.18 Å². The highest BCUT2D eigenvalue weighted by Gasteiger charge is 2.11. The smallest absolute Gasteiger partial charge is 0.249 e. The van der Waals surface area contributed by atoms with Crippen molar-refractivity contribution in [2.45, 2.75) is 6.54 Å². The van der Waals surface area contributed by atoms with E-state index in [4.69, 9.17) is 0 Å². The van der Waals surface area contributed by atoms with Crippen molar-refractivity contribution in [1.82, 2.24) is 29.4 Å². The Labute approximate surface area is 141 Å². The Kier molecular flexibility index (Phi) is 3.65. The van der Waals surface area contributed by atoms with Crippen LogP contribution in [0.2, 0.25) is 0 Å². The number of carbonyl (C=O) groups is 1. The molecule has 4 aromatic rings. The maximum absolute atomic E-state index is 13.8. The summed E-state index contributed by atoms with van der Waals surface area (Å²) in [6.45, 7) is 0.0642. The zero-order chi connectivity index (χ0) is 17.2. The Hall–Kier alpha value is -3.62. The fraction of sp³-hybridized carbons (Fsp3) is 0.0625. The Morgan fingerprint density at radius 3 is 2.92 bits per heavy atom. The topological polar surface area (TPSA) is 90.0 Å². The first-order valence-electron chi connectivity index (χ1n) is 7.44. The van der Waals surface area contributed by atoms with Gasteiger partial charge in [-0.2, -0.15) is 14.5 Å². The Balaban J connectivity index is 1.58. The van der Waals surface area contributed by atoms with E-state index < -0.39 is 5.95 Å². The van der Waals surface area contributed by atoms with Gasteiger partial charge in [0, 0.05) is 35.9 Å². The molecule has 1 amide bonds. The van der Waals surface area contributed by atoms with Gasteiger partial charge in [-0.15, -0.1) is 5.10 Å². The average molecular weight is 337 g/mol. The molecule has 25 heavy (non-hydrogen) atoms. The van der Waals surface area contributed by atoms with E-state index in [0.717, 1.165) is 0 Å². The Morgan fingerprint density at radius 2 is 2.12 bits per heavy atom. The summed E-state index contributed by atoms with van der Waals surface area (Å²) in [5, 5.41) is 10.8. The van der Waals surface area contributed by atoms with E-state index >= 15 is 0 Å². The highest BCUT2D eigenvalue weighted by Crippen LogP contribution is 2.21. The van der Waals surface area contributed by atoms with Crippen LogP contribution in [0.25, 0.3) is 16.8 Å². The van der Waals surface area contributed by atoms with Crippen LogP contribution in [0, 0.1) is 5.95 Å². The van der Waals surface area contributed by atoms with Gasteiger partial charge in [0.15, 0.2) is 5.65 Å². The Morgan fingerprint density at radius 1 is 1.20 bits per heavy atom. The first-order chi connectivity index (χ1) is 12.2. The highest BCUT2D eigenvalue weighted by molar-refractivity contribution is 5.88. The lowest BCUT2D eigenvalue weighted by atomic mass is 10.1. The third kappa shape index (κ3) is 3.07. The summed E-state index contributed by atoms with van der Waals surface area (Å²) >= 11 is 0. The van der Waals surface area contributed by atoms with Crippen LogP contribution in [-0.2, 0) is 11.3 Å². The molecule has 4 heterocycles. The molecule has 0 fully saturated rings. The van der Waals surface area contributed by atoms with Gasteiger partial charge < -0.3 is 0 Å². The number of aromatic nitrogens is 6. The molecule has 0 saturated heterocycles. The molecule has 0 aromatic carbocycles. The van der Waals surface area contributed by atoms with Gasteiger partial charge in [-0.3, -0.25) is 14.8 Å². The van der Waals surface area contributed by atoms with Crippen molar-refractivity contribution in [3.63, 3.8) is 0 Å². The fourth-order valence-corrected chi connectivity index (χ4v) is 2.40. The molecular weight excluding hydrogens is 325 g/mol. The minimum absolute atomic E-state index is 0.0642. The van der Waals surface area contributed by atoms with Crippen LogP contribution >= 0.6 is 0 Å². The fourth-order valence-electron chi connectivity index (χ4n) is 2.40.